The molecule has 106 valence electrons. The van der Waals surface area contributed by atoms with Gasteiger partial charge in [-0.1, -0.05) is 32.0 Å². The van der Waals surface area contributed by atoms with E-state index in [1.165, 1.54) is 6.42 Å². The van der Waals surface area contributed by atoms with Crippen molar-refractivity contribution in [1.82, 2.24) is 4.72 Å². The molecule has 19 heavy (non-hydrogen) atoms. The molecule has 3 N–H and O–H groups in total. The summed E-state index contributed by atoms with van der Waals surface area (Å²) in [5, 5.41) is 0. The first-order chi connectivity index (χ1) is 8.88. The highest BCUT2D eigenvalue weighted by Gasteiger charge is 2.25. The van der Waals surface area contributed by atoms with E-state index in [1.807, 2.05) is 0 Å². The smallest absolute Gasteiger partial charge is 0.250 e. The zero-order chi connectivity index (χ0) is 14.0. The molecular formula is C12H18N2O2S3. The van der Waals surface area contributed by atoms with Crippen molar-refractivity contribution in [3.8, 4) is 0 Å². The number of rotatable bonds is 4. The molecule has 2 rings (SSSR count). The summed E-state index contributed by atoms with van der Waals surface area (Å²) < 4.78 is 27.6. The fraction of sp³-hybridized carbons (Fsp3) is 0.583. The summed E-state index contributed by atoms with van der Waals surface area (Å²) >= 11 is 5.97. The molecule has 1 aromatic rings. The van der Waals surface area contributed by atoms with E-state index in [1.54, 1.807) is 12.1 Å². The van der Waals surface area contributed by atoms with Crippen molar-refractivity contribution in [1.29, 1.82) is 0 Å². The molecule has 1 heterocycles. The second-order valence-corrected chi connectivity index (χ2v) is 8.54. The largest absolute Gasteiger partial charge is 0.389 e. The predicted molar refractivity (Wildman–Crippen MR) is 81.9 cm³/mol. The lowest BCUT2D eigenvalue weighted by Gasteiger charge is -2.26. The van der Waals surface area contributed by atoms with Gasteiger partial charge in [-0.2, -0.15) is 0 Å². The lowest BCUT2D eigenvalue weighted by molar-refractivity contribution is 0.327. The zero-order valence-electron chi connectivity index (χ0n) is 10.8. The molecule has 4 nitrogen and oxygen atoms in total. The molecule has 1 aromatic heterocycles. The first-order valence-electron chi connectivity index (χ1n) is 6.30. The van der Waals surface area contributed by atoms with Crippen LogP contribution >= 0.6 is 23.6 Å². The molecule has 0 spiro atoms. The Bertz CT molecular complexity index is 565. The first kappa shape index (κ1) is 14.9. The summed E-state index contributed by atoms with van der Waals surface area (Å²) in [6.07, 6.45) is 4.09. The van der Waals surface area contributed by atoms with Crippen LogP contribution in [0.15, 0.2) is 16.3 Å². The fourth-order valence-corrected chi connectivity index (χ4v) is 5.07. The van der Waals surface area contributed by atoms with E-state index in [-0.39, 0.29) is 15.2 Å². The summed E-state index contributed by atoms with van der Waals surface area (Å²) in [5.74, 6) is 0.581. The molecule has 0 radical (unpaired) electrons. The number of hydrogen-bond donors (Lipinski definition) is 2. The molecule has 2 atom stereocenters. The van der Waals surface area contributed by atoms with Crippen molar-refractivity contribution in [2.45, 2.75) is 42.9 Å². The Labute approximate surface area is 123 Å². The maximum atomic E-state index is 12.3. The molecular weight excluding hydrogens is 300 g/mol. The van der Waals surface area contributed by atoms with Crippen LogP contribution in [-0.2, 0) is 10.0 Å². The molecule has 0 saturated heterocycles. The van der Waals surface area contributed by atoms with E-state index in [9.17, 15) is 8.42 Å². The van der Waals surface area contributed by atoms with E-state index < -0.39 is 10.0 Å². The monoisotopic (exact) mass is 318 g/mol. The fourth-order valence-electron chi connectivity index (χ4n) is 2.42. The van der Waals surface area contributed by atoms with Crippen LogP contribution in [0.25, 0.3) is 0 Å². The summed E-state index contributed by atoms with van der Waals surface area (Å²) in [6, 6.07) is 3.27. The van der Waals surface area contributed by atoms with Crippen LogP contribution in [0.3, 0.4) is 0 Å². The van der Waals surface area contributed by atoms with Gasteiger partial charge >= 0.3 is 0 Å². The summed E-state index contributed by atoms with van der Waals surface area (Å²) in [7, 11) is -3.44. The van der Waals surface area contributed by atoms with Crippen LogP contribution in [0, 0.1) is 5.92 Å². The minimum absolute atomic E-state index is 0.0455. The highest BCUT2D eigenvalue weighted by molar-refractivity contribution is 7.91. The van der Waals surface area contributed by atoms with Gasteiger partial charge in [0.05, 0.1) is 4.88 Å². The molecule has 2 unspecified atom stereocenters. The number of nitrogens with one attached hydrogen (secondary N) is 1. The van der Waals surface area contributed by atoms with Crippen molar-refractivity contribution < 1.29 is 8.42 Å². The SMILES string of the molecule is CC1CCCC(NS(=O)(=O)c2ccc(C(N)=S)s2)C1. The summed E-state index contributed by atoms with van der Waals surface area (Å²) in [5.41, 5.74) is 5.50. The third-order valence-electron chi connectivity index (χ3n) is 3.35. The molecule has 0 aromatic carbocycles. The van der Waals surface area contributed by atoms with Crippen LogP contribution in [-0.4, -0.2) is 19.4 Å². The lowest BCUT2D eigenvalue weighted by atomic mass is 9.88. The van der Waals surface area contributed by atoms with Crippen LogP contribution in [0.2, 0.25) is 0 Å². The van der Waals surface area contributed by atoms with E-state index in [4.69, 9.17) is 18.0 Å². The second kappa shape index (κ2) is 5.87. The van der Waals surface area contributed by atoms with Gasteiger partial charge in [-0.15, -0.1) is 11.3 Å². The Morgan fingerprint density at radius 3 is 2.79 bits per heavy atom. The van der Waals surface area contributed by atoms with Gasteiger partial charge in [0, 0.05) is 6.04 Å². The molecule has 0 amide bonds. The number of nitrogens with two attached hydrogens (primary N) is 1. The van der Waals surface area contributed by atoms with Crippen molar-refractivity contribution in [3.63, 3.8) is 0 Å². The number of hydrogen-bond acceptors (Lipinski definition) is 4. The Balaban J connectivity index is 2.10. The molecule has 1 aliphatic rings. The average Bonchev–Trinajstić information content (AvgIpc) is 2.78. The van der Waals surface area contributed by atoms with E-state index in [0.717, 1.165) is 30.6 Å². The minimum Gasteiger partial charge on any atom is -0.389 e. The van der Waals surface area contributed by atoms with Crippen LogP contribution < -0.4 is 10.5 Å². The summed E-state index contributed by atoms with van der Waals surface area (Å²) in [4.78, 5) is 0.866. The van der Waals surface area contributed by atoms with Gasteiger partial charge in [-0.05, 0) is 30.9 Å². The normalized spacial score (nSPS) is 24.3. The maximum Gasteiger partial charge on any atom is 0.250 e. The molecule has 0 bridgehead atoms. The number of sulfonamides is 1. The van der Waals surface area contributed by atoms with Gasteiger partial charge in [0.15, 0.2) is 0 Å². The zero-order valence-corrected chi connectivity index (χ0v) is 13.2. The van der Waals surface area contributed by atoms with Crippen molar-refractivity contribution in [3.05, 3.63) is 17.0 Å². The Hall–Kier alpha value is -0.500. The number of thiophene rings is 1. The quantitative estimate of drug-likeness (QED) is 0.835. The standard InChI is InChI=1S/C12H18N2O2S3/c1-8-3-2-4-9(7-8)14-19(15,16)11-6-5-10(18-11)12(13)17/h5-6,8-9,14H,2-4,7H2,1H3,(H2,13,17). The molecule has 1 aliphatic carbocycles. The second-order valence-electron chi connectivity index (χ2n) is 5.07. The van der Waals surface area contributed by atoms with Crippen molar-refractivity contribution in [2.24, 2.45) is 11.7 Å². The van der Waals surface area contributed by atoms with Crippen LogP contribution in [0.4, 0.5) is 0 Å². The molecule has 1 fully saturated rings. The van der Waals surface area contributed by atoms with Gasteiger partial charge in [-0.3, -0.25) is 0 Å². The Kier molecular flexibility index (Phi) is 4.60. The highest BCUT2D eigenvalue weighted by atomic mass is 32.2. The summed E-state index contributed by atoms with van der Waals surface area (Å²) in [6.45, 7) is 2.16. The van der Waals surface area contributed by atoms with E-state index in [2.05, 4.69) is 11.6 Å². The molecule has 1 saturated carbocycles. The van der Waals surface area contributed by atoms with E-state index in [0.29, 0.717) is 10.8 Å². The highest BCUT2D eigenvalue weighted by Crippen LogP contribution is 2.26. The third-order valence-corrected chi connectivity index (χ3v) is 6.83. The van der Waals surface area contributed by atoms with Gasteiger partial charge in [0.25, 0.3) is 0 Å². The van der Waals surface area contributed by atoms with E-state index >= 15 is 0 Å². The topological polar surface area (TPSA) is 72.2 Å². The molecule has 7 heteroatoms. The van der Waals surface area contributed by atoms with Crippen LogP contribution in [0.1, 0.15) is 37.5 Å². The average molecular weight is 318 g/mol. The molecule has 0 aliphatic heterocycles. The number of thiocarbonyl (C=S) groups is 1. The Morgan fingerprint density at radius 1 is 1.47 bits per heavy atom. The third kappa shape index (κ3) is 3.75. The minimum atomic E-state index is -3.44. The van der Waals surface area contributed by atoms with Gasteiger partial charge in [-0.25, -0.2) is 13.1 Å². The van der Waals surface area contributed by atoms with Gasteiger partial charge in [0.1, 0.15) is 9.20 Å². The van der Waals surface area contributed by atoms with Crippen molar-refractivity contribution in [2.75, 3.05) is 0 Å². The lowest BCUT2D eigenvalue weighted by Crippen LogP contribution is -2.37. The van der Waals surface area contributed by atoms with Gasteiger partial charge in [0.2, 0.25) is 10.0 Å². The van der Waals surface area contributed by atoms with Crippen molar-refractivity contribution >= 4 is 38.6 Å². The first-order valence-corrected chi connectivity index (χ1v) is 9.01. The van der Waals surface area contributed by atoms with Crippen LogP contribution in [0.5, 0.6) is 0 Å². The maximum absolute atomic E-state index is 12.3. The predicted octanol–water partition coefficient (Wildman–Crippen LogP) is 2.24. The Morgan fingerprint density at radius 2 is 2.21 bits per heavy atom. The van der Waals surface area contributed by atoms with Gasteiger partial charge < -0.3 is 5.73 Å².